The van der Waals surface area contributed by atoms with Gasteiger partial charge in [-0.05, 0) is 48.5 Å². The molecule has 0 aliphatic carbocycles. The number of aliphatic hydroxyl groups is 4. The monoisotopic (exact) mass is 1540 g/mol. The lowest BCUT2D eigenvalue weighted by Crippen LogP contribution is -3.61. The third-order valence-electron chi connectivity index (χ3n) is 6.04. The van der Waals surface area contributed by atoms with E-state index in [-0.39, 0.29) is 104 Å². The number of aliphatic hydroxyl groups excluding tert-OH is 4. The van der Waals surface area contributed by atoms with Crippen molar-refractivity contribution in [1.82, 2.24) is 0 Å². The minimum atomic E-state index is 0. The summed E-state index contributed by atoms with van der Waals surface area (Å²) in [6, 6.07) is 90.8. The van der Waals surface area contributed by atoms with Crippen molar-refractivity contribution in [2.75, 3.05) is 35.6 Å². The summed E-state index contributed by atoms with van der Waals surface area (Å²) in [5.41, 5.74) is 0. The lowest BCUT2D eigenvalue weighted by atomic mass is 10.4. The van der Waals surface area contributed by atoms with E-state index < -0.39 is 0 Å². The zero-order valence-electron chi connectivity index (χ0n) is 59.5. The molecule has 0 amide bonds. The summed E-state index contributed by atoms with van der Waals surface area (Å²) in [6.07, 6.45) is 2.50. The van der Waals surface area contributed by atoms with Crippen LogP contribution >= 0.6 is 0 Å². The maximum atomic E-state index is 9.50. The maximum absolute atomic E-state index is 9.50. The van der Waals surface area contributed by atoms with E-state index in [1.807, 2.05) is 270 Å². The molecule has 0 atom stereocenters. The quantitative estimate of drug-likeness (QED) is 0.132. The van der Waals surface area contributed by atoms with Gasteiger partial charge in [-0.3, -0.25) is 4.39 Å². The van der Waals surface area contributed by atoms with Gasteiger partial charge in [0.1, 0.15) is 0 Å². The molecule has 0 radical (unpaired) electrons. The molecule has 0 saturated carbocycles. The molecule has 0 unspecified atom stereocenters. The summed E-state index contributed by atoms with van der Waals surface area (Å²) in [6.45, 7) is 44.5. The summed E-state index contributed by atoms with van der Waals surface area (Å²) in [7, 11) is 4.50. The highest BCUT2D eigenvalue weighted by atomic mass is 127. The van der Waals surface area contributed by atoms with Crippen LogP contribution in [0.2, 0.25) is 0 Å². The van der Waals surface area contributed by atoms with E-state index in [0.29, 0.717) is 7.18 Å². The van der Waals surface area contributed by atoms with Gasteiger partial charge in [0.2, 0.25) is 0 Å². The average Bonchev–Trinajstić information content (AvgIpc) is 3.77. The first-order chi connectivity index (χ1) is 41.7. The predicted octanol–water partition coefficient (Wildman–Crippen LogP) is 14.7. The molecule has 4 N–H and O–H groups in total. The molecule has 540 valence electrons. The van der Waals surface area contributed by atoms with Crippen LogP contribution in [-0.2, 0) is 0 Å². The lowest BCUT2D eigenvalue weighted by molar-refractivity contribution is -0.597. The van der Waals surface area contributed by atoms with Crippen LogP contribution in [0.3, 0.4) is 0 Å². The van der Waals surface area contributed by atoms with Crippen molar-refractivity contribution in [3.8, 4) is 0 Å². The molecule has 0 bridgehead atoms. The molecule has 4 nitrogen and oxygen atoms in total. The smallest absolute Gasteiger partial charge is 0.357 e. The van der Waals surface area contributed by atoms with E-state index in [9.17, 15) is 4.39 Å². The Hall–Kier alpha value is -4.43. The van der Waals surface area contributed by atoms with Gasteiger partial charge >= 0.3 is 42.4 Å². The van der Waals surface area contributed by atoms with Crippen LogP contribution in [0.25, 0.3) is 0 Å². The van der Waals surface area contributed by atoms with Crippen molar-refractivity contribution < 1.29 is 92.0 Å². The summed E-state index contributed by atoms with van der Waals surface area (Å²) < 4.78 is 15.4. The third-order valence-corrected chi connectivity index (χ3v) is 11.4. The molecule has 0 heterocycles. The fourth-order valence-electron chi connectivity index (χ4n) is 3.70. The Kier molecular flexibility index (Phi) is 321. The van der Waals surface area contributed by atoms with Crippen LogP contribution in [0.5, 0.6) is 0 Å². The molecule has 8 rings (SSSR count). The second-order valence-corrected chi connectivity index (χ2v) is 17.5. The van der Waals surface area contributed by atoms with Crippen molar-refractivity contribution in [2.45, 2.75) is 202 Å². The van der Waals surface area contributed by atoms with E-state index in [0.717, 1.165) is 28.4 Å². The Morgan fingerprint density at radius 1 is 0.198 bits per heavy atom. The molecule has 0 fully saturated rings. The normalized spacial score (nSPS) is 6.24. The number of benzene rings is 8. The number of hydrogen-bond acceptors (Lipinski definition) is 4. The predicted molar refractivity (Wildman–Crippen MR) is 414 cm³/mol. The first-order valence-corrected chi connectivity index (χ1v) is 34.7. The van der Waals surface area contributed by atoms with Gasteiger partial charge in [0.25, 0.3) is 0 Å². The Labute approximate surface area is 606 Å². The highest BCUT2D eigenvalue weighted by molar-refractivity contribution is 5.05. The Bertz CT molecular complexity index is 1480. The zero-order valence-corrected chi connectivity index (χ0v) is 65.3. The van der Waals surface area contributed by atoms with Gasteiger partial charge in [-0.2, -0.15) is 0 Å². The van der Waals surface area contributed by atoms with Crippen LogP contribution in [0.4, 0.5) is 4.39 Å². The molecule has 0 aliphatic rings. The lowest BCUT2D eigenvalue weighted by Gasteiger charge is -1.84. The molecular formula is C82H153Cl2FI2O4. The van der Waals surface area contributed by atoms with Crippen molar-refractivity contribution >= 4 is 0 Å². The van der Waals surface area contributed by atoms with E-state index in [1.54, 1.807) is 0 Å². The van der Waals surface area contributed by atoms with E-state index in [1.165, 1.54) is 27.1 Å². The summed E-state index contributed by atoms with van der Waals surface area (Å²) >= 11 is 0.0574. The number of alkyl halides is 1. The Morgan fingerprint density at radius 2 is 0.253 bits per heavy atom. The van der Waals surface area contributed by atoms with E-state index in [4.69, 9.17) is 20.4 Å². The van der Waals surface area contributed by atoms with Crippen LogP contribution in [0.1, 0.15) is 202 Å². The van der Waals surface area contributed by atoms with Crippen LogP contribution < -0.4 is 67.2 Å². The van der Waals surface area contributed by atoms with Crippen LogP contribution in [-0.4, -0.2) is 56.0 Å². The molecule has 8 aromatic rings. The molecule has 0 aliphatic heterocycles. The first-order valence-electron chi connectivity index (χ1n) is 30.4. The van der Waals surface area contributed by atoms with Gasteiger partial charge < -0.3 is 45.2 Å². The topological polar surface area (TPSA) is 80.9 Å². The molecule has 8 aromatic carbocycles. The van der Waals surface area contributed by atoms with Crippen molar-refractivity contribution in [2.24, 2.45) is 0 Å². The average molecular weight is 1550 g/mol. The van der Waals surface area contributed by atoms with Gasteiger partial charge in [-0.1, -0.05) is 421 Å². The van der Waals surface area contributed by atoms with Crippen molar-refractivity contribution in [1.29, 1.82) is 0 Å². The molecule has 0 spiro atoms. The summed E-state index contributed by atoms with van der Waals surface area (Å²) in [5.74, 6) is 0. The van der Waals surface area contributed by atoms with Gasteiger partial charge in [-0.15, -0.1) is 0 Å². The van der Waals surface area contributed by atoms with Crippen molar-refractivity contribution in [3.05, 3.63) is 281 Å². The van der Waals surface area contributed by atoms with E-state index >= 15 is 0 Å². The second kappa shape index (κ2) is 198. The second-order valence-electron chi connectivity index (χ2n) is 11.4. The van der Waals surface area contributed by atoms with Gasteiger partial charge in [0.15, 0.2) is 14.3 Å². The first kappa shape index (κ1) is 147. The fourth-order valence-corrected chi connectivity index (χ4v) is 8.24. The van der Waals surface area contributed by atoms with Crippen LogP contribution in [0.15, 0.2) is 267 Å². The van der Waals surface area contributed by atoms with Gasteiger partial charge in [0, 0.05) is 28.4 Å². The van der Waals surface area contributed by atoms with E-state index in [2.05, 4.69) is 149 Å². The Balaban J connectivity index is -0.0000000311. The largest absolute Gasteiger partial charge is 1.00 e. The Morgan fingerprint density at radius 3 is 0.319 bits per heavy atom. The molecule has 9 heteroatoms. The maximum Gasteiger partial charge on any atom is 0.357 e. The highest BCUT2D eigenvalue weighted by Gasteiger charge is 2.13. The fraction of sp³-hybridized carbons (Fsp3) is 0.415. The van der Waals surface area contributed by atoms with Crippen molar-refractivity contribution in [3.63, 3.8) is 0 Å². The molecule has 91 heavy (non-hydrogen) atoms. The molecule has 0 aromatic heterocycles. The minimum Gasteiger partial charge on any atom is -1.00 e. The van der Waals surface area contributed by atoms with Gasteiger partial charge in [0.05, 0.1) is 7.18 Å². The third kappa shape index (κ3) is 168. The van der Waals surface area contributed by atoms with Crippen LogP contribution in [0, 0.1) is 14.3 Å². The molecular weight excluding hydrogens is 1390 g/mol. The number of halogens is 5. The zero-order chi connectivity index (χ0) is 68.3. The van der Waals surface area contributed by atoms with Gasteiger partial charge in [-0.25, -0.2) is 0 Å². The highest BCUT2D eigenvalue weighted by Crippen LogP contribution is 1.88. The summed E-state index contributed by atoms with van der Waals surface area (Å²) in [4.78, 5) is 0. The minimum absolute atomic E-state index is 0. The number of rotatable bonds is 4. The SMILES string of the molecule is C.C.C.C.C.CC.CC.CC.CC.CC.CC.CC.CC.CC.CCC.CCC.CF.CO.CO.CO.CO.[Cl-].[Cl-].c1ccc([I+]c2ccccc2)cc1.c1ccc([I+]c2ccccc2)cc1.c1ccccc1.c1ccccc1.c1ccccc1.c1ccccc1. The number of hydrogen-bond donors (Lipinski definition) is 4. The molecule has 0 saturated heterocycles. The summed E-state index contributed by atoms with van der Waals surface area (Å²) in [5, 5.41) is 28.0. The standard InChI is InChI=1S/2C12H10I.4C6H6.2C3H8.9C2H6.CH3F.4CH4O.5CH4.2ClH/c2*1-3-7-11(8-4-1)13-12-9-5-2-6-10-12;4*1-2-4-6-5-3-1;2*1-3-2;14*1-2;;;;;;;/h2*1-10H;4*1-6H;2*3H2,1-2H3;9*1-2H3;1H3;4*2H,1H3;5*1H4;2*1H/q2*+1;;;;;;;;;;;;;;;;;;;;;;;;;;;/p-2.